The zero-order chi connectivity index (χ0) is 22.9. The largest absolute Gasteiger partial charge is 0.444 e. The quantitative estimate of drug-likeness (QED) is 0.465. The smallest absolute Gasteiger partial charge is 0.410 e. The Balaban J connectivity index is 1.53. The minimum atomic E-state index is -0.576. The second-order valence-electron chi connectivity index (χ2n) is 8.54. The zero-order valence-electron chi connectivity index (χ0n) is 18.2. The van der Waals surface area contributed by atoms with E-state index in [0.717, 1.165) is 10.9 Å². The molecule has 0 atom stereocenters. The van der Waals surface area contributed by atoms with Gasteiger partial charge in [-0.05, 0) is 45.0 Å². The van der Waals surface area contributed by atoms with Crippen molar-refractivity contribution in [1.29, 1.82) is 0 Å². The minimum Gasteiger partial charge on any atom is -0.444 e. The minimum absolute atomic E-state index is 0.108. The Kier molecular flexibility index (Phi) is 5.56. The lowest BCUT2D eigenvalue weighted by atomic mass is 10.2. The molecule has 2 N–H and O–H groups in total. The number of pyridine rings is 1. The zero-order valence-corrected chi connectivity index (χ0v) is 18.2. The van der Waals surface area contributed by atoms with E-state index >= 15 is 0 Å². The fourth-order valence-electron chi connectivity index (χ4n) is 3.55. The topological polar surface area (TPSA) is 130 Å². The molecule has 0 saturated carbocycles. The molecule has 32 heavy (non-hydrogen) atoms. The number of hydrogen-bond acceptors (Lipinski definition) is 8. The first-order valence-corrected chi connectivity index (χ1v) is 10.3. The van der Waals surface area contributed by atoms with Gasteiger partial charge in [-0.2, -0.15) is 5.10 Å². The van der Waals surface area contributed by atoms with Crippen molar-refractivity contribution in [3.63, 3.8) is 0 Å². The van der Waals surface area contributed by atoms with Crippen LogP contribution in [0.1, 0.15) is 20.8 Å². The predicted molar refractivity (Wildman–Crippen MR) is 120 cm³/mol. The molecule has 1 aliphatic heterocycles. The van der Waals surface area contributed by atoms with Crippen LogP contribution in [-0.2, 0) is 4.74 Å². The molecular formula is C21H25N7O4. The number of nitrogens with one attached hydrogen (secondary N) is 2. The van der Waals surface area contributed by atoms with Crippen molar-refractivity contribution in [2.75, 3.05) is 36.4 Å². The van der Waals surface area contributed by atoms with Crippen LogP contribution >= 0.6 is 0 Å². The normalized spacial score (nSPS) is 14.5. The number of amides is 1. The summed E-state index contributed by atoms with van der Waals surface area (Å²) in [5.41, 5.74) is 1.17. The van der Waals surface area contributed by atoms with E-state index in [1.807, 2.05) is 43.9 Å². The van der Waals surface area contributed by atoms with Crippen LogP contribution in [0.3, 0.4) is 0 Å². The van der Waals surface area contributed by atoms with Crippen molar-refractivity contribution in [3.8, 4) is 0 Å². The Morgan fingerprint density at radius 2 is 1.97 bits per heavy atom. The summed E-state index contributed by atoms with van der Waals surface area (Å²) in [6.07, 6.45) is 2.87. The molecule has 0 unspecified atom stereocenters. The maximum atomic E-state index is 12.3. The van der Waals surface area contributed by atoms with Gasteiger partial charge in [0.2, 0.25) is 5.82 Å². The van der Waals surface area contributed by atoms with Crippen LogP contribution in [0.5, 0.6) is 0 Å². The van der Waals surface area contributed by atoms with Gasteiger partial charge in [0.15, 0.2) is 0 Å². The van der Waals surface area contributed by atoms with Crippen molar-refractivity contribution in [3.05, 3.63) is 46.8 Å². The number of hydrogen-bond donors (Lipinski definition) is 2. The van der Waals surface area contributed by atoms with Crippen molar-refractivity contribution in [2.24, 2.45) is 0 Å². The molecule has 1 aliphatic rings. The first-order valence-electron chi connectivity index (χ1n) is 10.3. The number of anilines is 3. The summed E-state index contributed by atoms with van der Waals surface area (Å²) in [7, 11) is 0. The van der Waals surface area contributed by atoms with Crippen LogP contribution in [0.15, 0.2) is 36.7 Å². The van der Waals surface area contributed by atoms with Gasteiger partial charge in [-0.3, -0.25) is 15.2 Å². The van der Waals surface area contributed by atoms with Crippen molar-refractivity contribution < 1.29 is 14.5 Å². The van der Waals surface area contributed by atoms with E-state index in [9.17, 15) is 14.9 Å². The number of ether oxygens (including phenoxy) is 1. The number of carbonyl (C=O) groups is 1. The Hall–Kier alpha value is -3.89. The van der Waals surface area contributed by atoms with Crippen LogP contribution in [0.25, 0.3) is 10.9 Å². The molecule has 1 amide bonds. The lowest BCUT2D eigenvalue weighted by Crippen LogP contribution is -2.50. The third-order valence-electron chi connectivity index (χ3n) is 5.04. The number of piperazine rings is 1. The van der Waals surface area contributed by atoms with E-state index < -0.39 is 10.5 Å². The molecule has 11 heteroatoms. The Morgan fingerprint density at radius 3 is 2.66 bits per heavy atom. The fourth-order valence-corrected chi connectivity index (χ4v) is 3.55. The number of aromatic amines is 1. The van der Waals surface area contributed by atoms with Gasteiger partial charge in [0.05, 0.1) is 16.6 Å². The molecule has 0 bridgehead atoms. The Labute approximate surface area is 184 Å². The maximum Gasteiger partial charge on any atom is 0.410 e. The number of carbonyl (C=O) groups excluding carboxylic acids is 1. The average molecular weight is 439 g/mol. The van der Waals surface area contributed by atoms with Gasteiger partial charge in [-0.15, -0.1) is 0 Å². The number of H-pyrrole nitrogens is 1. The number of nitro groups is 1. The molecule has 4 rings (SSSR count). The van der Waals surface area contributed by atoms with E-state index in [0.29, 0.717) is 37.6 Å². The summed E-state index contributed by atoms with van der Waals surface area (Å²) in [5, 5.41) is 22.9. The van der Waals surface area contributed by atoms with Gasteiger partial charge >= 0.3 is 11.8 Å². The molecule has 3 aromatic rings. The molecule has 1 fully saturated rings. The molecule has 11 nitrogen and oxygen atoms in total. The van der Waals surface area contributed by atoms with E-state index in [1.165, 1.54) is 0 Å². The first-order chi connectivity index (χ1) is 15.2. The molecule has 0 radical (unpaired) electrons. The van der Waals surface area contributed by atoms with Crippen LogP contribution in [0.4, 0.5) is 27.7 Å². The molecule has 2 aromatic heterocycles. The third kappa shape index (κ3) is 4.56. The Morgan fingerprint density at radius 1 is 1.22 bits per heavy atom. The molecular weight excluding hydrogens is 414 g/mol. The van der Waals surface area contributed by atoms with E-state index in [4.69, 9.17) is 4.74 Å². The molecule has 168 valence electrons. The summed E-state index contributed by atoms with van der Waals surface area (Å²) >= 11 is 0. The predicted octanol–water partition coefficient (Wildman–Crippen LogP) is 3.67. The van der Waals surface area contributed by atoms with E-state index in [2.05, 4.69) is 20.5 Å². The molecule has 1 aromatic carbocycles. The Bertz CT molecular complexity index is 1150. The molecule has 1 saturated heterocycles. The average Bonchev–Trinajstić information content (AvgIpc) is 3.20. The van der Waals surface area contributed by atoms with Gasteiger partial charge < -0.3 is 19.9 Å². The van der Waals surface area contributed by atoms with Crippen molar-refractivity contribution in [2.45, 2.75) is 26.4 Å². The van der Waals surface area contributed by atoms with Crippen molar-refractivity contribution >= 4 is 39.9 Å². The van der Waals surface area contributed by atoms with Gasteiger partial charge in [-0.1, -0.05) is 0 Å². The summed E-state index contributed by atoms with van der Waals surface area (Å²) in [4.78, 5) is 31.6. The van der Waals surface area contributed by atoms with Crippen LogP contribution in [-0.4, -0.2) is 62.9 Å². The molecule has 3 heterocycles. The fraction of sp³-hybridized carbons (Fsp3) is 0.381. The number of fused-ring (bicyclic) bond motifs is 1. The van der Waals surface area contributed by atoms with Gasteiger partial charge in [0.1, 0.15) is 11.3 Å². The maximum absolute atomic E-state index is 12.3. The van der Waals surface area contributed by atoms with Gasteiger partial charge in [0, 0.05) is 43.4 Å². The third-order valence-corrected chi connectivity index (χ3v) is 5.04. The highest BCUT2D eigenvalue weighted by molar-refractivity contribution is 5.85. The number of nitrogens with zero attached hydrogens (tertiary/aromatic N) is 5. The van der Waals surface area contributed by atoms with E-state index in [-0.39, 0.29) is 17.6 Å². The highest BCUT2D eigenvalue weighted by Gasteiger charge is 2.31. The molecule has 0 spiro atoms. The number of benzene rings is 1. The SMILES string of the molecule is CC(C)(C)OC(=O)N1CCN(c2nccc(Nc3ccc4cn[nH]c4c3)c2[N+](=O)[O-])CC1. The van der Waals surface area contributed by atoms with E-state index in [1.54, 1.807) is 23.4 Å². The van der Waals surface area contributed by atoms with Crippen molar-refractivity contribution in [1.82, 2.24) is 20.1 Å². The molecule has 0 aliphatic carbocycles. The summed E-state index contributed by atoms with van der Waals surface area (Å²) < 4.78 is 5.42. The number of aromatic nitrogens is 3. The lowest BCUT2D eigenvalue weighted by Gasteiger charge is -2.36. The monoisotopic (exact) mass is 439 g/mol. The summed E-state index contributed by atoms with van der Waals surface area (Å²) in [5.74, 6) is 0.270. The highest BCUT2D eigenvalue weighted by Crippen LogP contribution is 2.36. The second kappa shape index (κ2) is 8.33. The summed E-state index contributed by atoms with van der Waals surface area (Å²) in [6, 6.07) is 7.13. The van der Waals surface area contributed by atoms with Gasteiger partial charge in [0.25, 0.3) is 0 Å². The standard InChI is InChI=1S/C21H25N7O4/c1-21(2,3)32-20(29)27-10-8-26(9-11-27)19-18(28(30)31)16(6-7-22-19)24-15-5-4-14-13-23-25-17(14)12-15/h4-7,12-13H,8-11H2,1-3H3,(H,22,24)(H,23,25). The lowest BCUT2D eigenvalue weighted by molar-refractivity contribution is -0.383. The van der Waals surface area contributed by atoms with Crippen LogP contribution < -0.4 is 10.2 Å². The second-order valence-corrected chi connectivity index (χ2v) is 8.54. The number of rotatable bonds is 4. The van der Waals surface area contributed by atoms with Gasteiger partial charge in [-0.25, -0.2) is 9.78 Å². The van der Waals surface area contributed by atoms with Crippen LogP contribution in [0, 0.1) is 10.1 Å². The van der Waals surface area contributed by atoms with Crippen LogP contribution in [0.2, 0.25) is 0 Å². The highest BCUT2D eigenvalue weighted by atomic mass is 16.6. The summed E-state index contributed by atoms with van der Waals surface area (Å²) in [6.45, 7) is 7.06. The first kappa shape index (κ1) is 21.3.